The number of imide groups is 1. The Balaban J connectivity index is 2.02. The Kier molecular flexibility index (Phi) is 6.25. The number of aliphatic hydroxyl groups is 1. The van der Waals surface area contributed by atoms with Crippen molar-refractivity contribution in [2.45, 2.75) is 20.0 Å². The molecular weight excluding hydrogens is 392 g/mol. The van der Waals surface area contributed by atoms with Crippen LogP contribution in [0, 0.1) is 0 Å². The molecule has 6 nitrogen and oxygen atoms in total. The van der Waals surface area contributed by atoms with Gasteiger partial charge in [0.25, 0.3) is 11.8 Å². The summed E-state index contributed by atoms with van der Waals surface area (Å²) in [6, 6.07) is 13.6. The quantitative estimate of drug-likeness (QED) is 0.704. The molecule has 152 valence electrons. The van der Waals surface area contributed by atoms with Gasteiger partial charge in [0.15, 0.2) is 0 Å². The van der Waals surface area contributed by atoms with E-state index in [1.54, 1.807) is 60.5 Å². The third-order valence-corrected chi connectivity index (χ3v) is 4.73. The van der Waals surface area contributed by atoms with Crippen molar-refractivity contribution in [2.24, 2.45) is 0 Å². The molecule has 0 radical (unpaired) electrons. The molecule has 2 amide bonds. The van der Waals surface area contributed by atoms with Gasteiger partial charge in [0, 0.05) is 18.6 Å². The van der Waals surface area contributed by atoms with E-state index >= 15 is 0 Å². The van der Waals surface area contributed by atoms with Crippen LogP contribution in [0.15, 0.2) is 54.2 Å². The maximum absolute atomic E-state index is 13.3. The monoisotopic (exact) mass is 414 g/mol. The molecule has 1 heterocycles. The Bertz CT molecular complexity index is 936. The second-order valence-corrected chi connectivity index (χ2v) is 7.42. The lowest BCUT2D eigenvalue weighted by Gasteiger charge is -2.20. The summed E-state index contributed by atoms with van der Waals surface area (Å²) in [6.45, 7) is 3.93. The van der Waals surface area contributed by atoms with Crippen molar-refractivity contribution < 1.29 is 19.4 Å². The zero-order valence-electron chi connectivity index (χ0n) is 16.6. The second-order valence-electron chi connectivity index (χ2n) is 6.98. The fraction of sp³-hybridized carbons (Fsp3) is 0.273. The van der Waals surface area contributed by atoms with Gasteiger partial charge in [0.05, 0.1) is 24.0 Å². The highest BCUT2D eigenvalue weighted by Gasteiger charge is 2.41. The molecule has 0 spiro atoms. The van der Waals surface area contributed by atoms with Crippen LogP contribution < -0.4 is 9.64 Å². The number of amides is 2. The lowest BCUT2D eigenvalue weighted by molar-refractivity contribution is -0.120. The molecule has 0 aromatic heterocycles. The van der Waals surface area contributed by atoms with Gasteiger partial charge in [0.1, 0.15) is 11.4 Å². The molecule has 0 bridgehead atoms. The number of ether oxygens (including phenoxy) is 1. The Labute approximate surface area is 174 Å². The Morgan fingerprint density at radius 2 is 1.66 bits per heavy atom. The van der Waals surface area contributed by atoms with E-state index in [1.807, 2.05) is 13.8 Å². The van der Waals surface area contributed by atoms with E-state index in [9.17, 15) is 14.7 Å². The molecule has 7 heteroatoms. The third-order valence-electron chi connectivity index (χ3n) is 4.48. The van der Waals surface area contributed by atoms with Crippen molar-refractivity contribution in [3.63, 3.8) is 0 Å². The molecule has 0 fully saturated rings. The number of carbonyl (C=O) groups excluding carboxylic acids is 2. The maximum atomic E-state index is 13.3. The SMILES string of the molecule is CC(C)Oc1ccc(N2C(=O)C(c3ccc(Cl)cc3)=C(N(C)CCO)C2=O)cc1. The lowest BCUT2D eigenvalue weighted by Crippen LogP contribution is -2.34. The van der Waals surface area contributed by atoms with E-state index in [4.69, 9.17) is 16.3 Å². The highest BCUT2D eigenvalue weighted by Crippen LogP contribution is 2.35. The molecule has 1 aliphatic rings. The van der Waals surface area contributed by atoms with Crippen molar-refractivity contribution in [3.8, 4) is 5.75 Å². The summed E-state index contributed by atoms with van der Waals surface area (Å²) in [5.41, 5.74) is 1.57. The number of nitrogens with zero attached hydrogens (tertiary/aromatic N) is 2. The van der Waals surface area contributed by atoms with Crippen molar-refractivity contribution >= 4 is 34.7 Å². The molecule has 1 N–H and O–H groups in total. The molecule has 2 aromatic rings. The topological polar surface area (TPSA) is 70.1 Å². The van der Waals surface area contributed by atoms with Crippen LogP contribution in [0.4, 0.5) is 5.69 Å². The molecule has 0 unspecified atom stereocenters. The first-order chi connectivity index (χ1) is 13.8. The van der Waals surface area contributed by atoms with E-state index in [-0.39, 0.29) is 30.5 Å². The fourth-order valence-corrected chi connectivity index (χ4v) is 3.32. The molecule has 0 atom stereocenters. The number of likely N-dealkylation sites (N-methyl/N-ethyl adjacent to an activating group) is 1. The van der Waals surface area contributed by atoms with Crippen LogP contribution in [0.5, 0.6) is 5.75 Å². The zero-order valence-corrected chi connectivity index (χ0v) is 17.3. The van der Waals surface area contributed by atoms with Gasteiger partial charge in [-0.2, -0.15) is 0 Å². The van der Waals surface area contributed by atoms with E-state index < -0.39 is 11.8 Å². The molecule has 1 aliphatic heterocycles. The maximum Gasteiger partial charge on any atom is 0.282 e. The average Bonchev–Trinajstić information content (AvgIpc) is 2.93. The normalized spacial score (nSPS) is 14.2. The minimum atomic E-state index is -0.437. The van der Waals surface area contributed by atoms with Crippen molar-refractivity contribution in [2.75, 3.05) is 25.1 Å². The molecule has 0 saturated carbocycles. The standard InChI is InChI=1S/C22H23ClN2O4/c1-14(2)29-18-10-8-17(9-11-18)25-21(27)19(15-4-6-16(23)7-5-15)20(22(25)28)24(3)12-13-26/h4-11,14,26H,12-13H2,1-3H3. The molecule has 3 rings (SSSR count). The van der Waals surface area contributed by atoms with Crippen LogP contribution in [0.2, 0.25) is 5.02 Å². The number of hydrogen-bond acceptors (Lipinski definition) is 5. The minimum absolute atomic E-state index is 0.0211. The van der Waals surface area contributed by atoms with E-state index in [1.165, 1.54) is 0 Å². The summed E-state index contributed by atoms with van der Waals surface area (Å²) < 4.78 is 5.63. The Morgan fingerprint density at radius 3 is 2.21 bits per heavy atom. The summed E-state index contributed by atoms with van der Waals surface area (Å²) in [6.07, 6.45) is 0.0211. The van der Waals surface area contributed by atoms with Crippen LogP contribution in [-0.4, -0.2) is 48.1 Å². The molecule has 2 aromatic carbocycles. The largest absolute Gasteiger partial charge is 0.491 e. The van der Waals surface area contributed by atoms with Gasteiger partial charge in [-0.3, -0.25) is 9.59 Å². The van der Waals surface area contributed by atoms with Gasteiger partial charge in [-0.25, -0.2) is 4.90 Å². The van der Waals surface area contributed by atoms with Gasteiger partial charge in [-0.05, 0) is 55.8 Å². The number of rotatable bonds is 7. The summed E-state index contributed by atoms with van der Waals surface area (Å²) >= 11 is 5.97. The van der Waals surface area contributed by atoms with Gasteiger partial charge < -0.3 is 14.7 Å². The first kappa shape index (κ1) is 20.9. The molecular formula is C22H23ClN2O4. The molecule has 29 heavy (non-hydrogen) atoms. The number of hydrogen-bond donors (Lipinski definition) is 1. The fourth-order valence-electron chi connectivity index (χ4n) is 3.19. The second kappa shape index (κ2) is 8.68. The number of aliphatic hydroxyl groups excluding tert-OH is 1. The van der Waals surface area contributed by atoms with Crippen molar-refractivity contribution in [3.05, 3.63) is 64.8 Å². The van der Waals surface area contributed by atoms with E-state index in [2.05, 4.69) is 0 Å². The van der Waals surface area contributed by atoms with Crippen LogP contribution >= 0.6 is 11.6 Å². The van der Waals surface area contributed by atoms with Gasteiger partial charge in [0.2, 0.25) is 0 Å². The van der Waals surface area contributed by atoms with E-state index in [0.717, 1.165) is 4.90 Å². The van der Waals surface area contributed by atoms with Crippen LogP contribution in [-0.2, 0) is 9.59 Å². The average molecular weight is 415 g/mol. The van der Waals surface area contributed by atoms with Gasteiger partial charge in [-0.15, -0.1) is 0 Å². The van der Waals surface area contributed by atoms with Crippen LogP contribution in [0.1, 0.15) is 19.4 Å². The summed E-state index contributed by atoms with van der Waals surface area (Å²) in [7, 11) is 1.68. The van der Waals surface area contributed by atoms with E-state index in [0.29, 0.717) is 22.0 Å². The molecule has 0 saturated heterocycles. The highest BCUT2D eigenvalue weighted by atomic mass is 35.5. The summed E-state index contributed by atoms with van der Waals surface area (Å²) in [5.74, 6) is -0.200. The number of anilines is 1. The number of carbonyl (C=O) groups is 2. The predicted molar refractivity (Wildman–Crippen MR) is 113 cm³/mol. The first-order valence-corrected chi connectivity index (χ1v) is 9.69. The smallest absolute Gasteiger partial charge is 0.282 e. The van der Waals surface area contributed by atoms with Crippen molar-refractivity contribution in [1.29, 1.82) is 0 Å². The number of benzene rings is 2. The Hall–Kier alpha value is -2.83. The van der Waals surface area contributed by atoms with Crippen molar-refractivity contribution in [1.82, 2.24) is 4.90 Å². The predicted octanol–water partition coefficient (Wildman–Crippen LogP) is 3.34. The van der Waals surface area contributed by atoms with Gasteiger partial charge >= 0.3 is 0 Å². The van der Waals surface area contributed by atoms with Crippen LogP contribution in [0.3, 0.4) is 0 Å². The highest BCUT2D eigenvalue weighted by molar-refractivity contribution is 6.45. The lowest BCUT2D eigenvalue weighted by atomic mass is 10.0. The minimum Gasteiger partial charge on any atom is -0.491 e. The number of halogens is 1. The van der Waals surface area contributed by atoms with Gasteiger partial charge in [-0.1, -0.05) is 23.7 Å². The zero-order chi connectivity index (χ0) is 21.1. The molecule has 0 aliphatic carbocycles. The summed E-state index contributed by atoms with van der Waals surface area (Å²) in [5, 5.41) is 9.86. The van der Waals surface area contributed by atoms with Crippen LogP contribution in [0.25, 0.3) is 5.57 Å². The first-order valence-electron chi connectivity index (χ1n) is 9.31. The summed E-state index contributed by atoms with van der Waals surface area (Å²) in [4.78, 5) is 29.2. The Morgan fingerprint density at radius 1 is 1.03 bits per heavy atom. The third kappa shape index (κ3) is 4.28.